The number of aliphatic hydroxyl groups is 1. The molecule has 0 unspecified atom stereocenters. The van der Waals surface area contributed by atoms with Crippen molar-refractivity contribution in [3.05, 3.63) is 82.4 Å². The summed E-state index contributed by atoms with van der Waals surface area (Å²) in [5.74, 6) is 0.486. The highest BCUT2D eigenvalue weighted by molar-refractivity contribution is 7.22. The molecule has 222 valence electrons. The Balaban J connectivity index is 1.49. The summed E-state index contributed by atoms with van der Waals surface area (Å²) in [6, 6.07) is 15.6. The third kappa shape index (κ3) is 5.33. The smallest absolute Gasteiger partial charge is 0.301 e. The van der Waals surface area contributed by atoms with E-state index in [1.807, 2.05) is 38.1 Å². The number of benzene rings is 3. The third-order valence-electron chi connectivity index (χ3n) is 7.81. The highest BCUT2D eigenvalue weighted by Crippen LogP contribution is 2.46. The fraction of sp³-hybridized carbons (Fsp3) is 0.324. The van der Waals surface area contributed by atoms with Gasteiger partial charge in [0.15, 0.2) is 16.6 Å². The van der Waals surface area contributed by atoms with Gasteiger partial charge < -0.3 is 19.3 Å². The van der Waals surface area contributed by atoms with Gasteiger partial charge >= 0.3 is 5.91 Å². The van der Waals surface area contributed by atoms with Crippen LogP contribution in [0, 0.1) is 12.8 Å². The molecule has 9 heteroatoms. The van der Waals surface area contributed by atoms with E-state index >= 15 is 0 Å². The van der Waals surface area contributed by atoms with Crippen molar-refractivity contribution in [3.8, 4) is 17.2 Å². The molecule has 43 heavy (non-hydrogen) atoms. The van der Waals surface area contributed by atoms with Crippen molar-refractivity contribution in [3.63, 3.8) is 0 Å². The number of fused-ring (bicyclic) bond motifs is 2. The standard InChI is InChI=1S/C34H34N2O6S/c1-18(2)12-13-41-26-11-7-21(17-27(26)40-5)30-29(31(37)22-8-10-25-23(16-22)15-20(4)42-25)32(38)33(39)36(30)34-35-24-9-6-19(3)14-28(24)43-34/h6-11,14,16-18,20,30,37H,12-13,15H2,1-5H3/t20-,30+/m0/s1. The van der Waals surface area contributed by atoms with Crippen molar-refractivity contribution < 1.29 is 28.9 Å². The van der Waals surface area contributed by atoms with E-state index in [0.29, 0.717) is 46.7 Å². The number of thiazole rings is 1. The van der Waals surface area contributed by atoms with E-state index in [-0.39, 0.29) is 17.4 Å². The van der Waals surface area contributed by atoms with E-state index < -0.39 is 17.7 Å². The molecular formula is C34H34N2O6S. The third-order valence-corrected chi connectivity index (χ3v) is 8.83. The first-order valence-corrected chi connectivity index (χ1v) is 15.2. The number of ketones is 1. The van der Waals surface area contributed by atoms with Crippen LogP contribution >= 0.6 is 11.3 Å². The van der Waals surface area contributed by atoms with Gasteiger partial charge in [0.25, 0.3) is 5.78 Å². The summed E-state index contributed by atoms with van der Waals surface area (Å²) in [5, 5.41) is 12.1. The molecule has 4 aromatic rings. The largest absolute Gasteiger partial charge is 0.507 e. The molecule has 1 amide bonds. The number of carbonyl (C=O) groups excluding carboxylic acids is 2. The molecule has 2 atom stereocenters. The summed E-state index contributed by atoms with van der Waals surface area (Å²) in [6.07, 6.45) is 1.59. The molecular weight excluding hydrogens is 564 g/mol. The number of methoxy groups -OCH3 is 1. The molecule has 1 N–H and O–H groups in total. The molecule has 0 saturated carbocycles. The van der Waals surface area contributed by atoms with Crippen molar-refractivity contribution in [2.75, 3.05) is 18.6 Å². The number of ether oxygens (including phenoxy) is 3. The van der Waals surface area contributed by atoms with Crippen LogP contribution in [0.2, 0.25) is 0 Å². The van der Waals surface area contributed by atoms with Crippen LogP contribution in [0.3, 0.4) is 0 Å². The zero-order valence-corrected chi connectivity index (χ0v) is 25.7. The Morgan fingerprint density at radius 3 is 2.70 bits per heavy atom. The van der Waals surface area contributed by atoms with E-state index in [0.717, 1.165) is 33.5 Å². The van der Waals surface area contributed by atoms with Gasteiger partial charge in [-0.05, 0) is 85.3 Å². The number of amides is 1. The number of anilines is 1. The Kier molecular flexibility index (Phi) is 7.60. The van der Waals surface area contributed by atoms with Crippen LogP contribution in [0.25, 0.3) is 16.0 Å². The van der Waals surface area contributed by atoms with Crippen molar-refractivity contribution in [1.82, 2.24) is 4.98 Å². The van der Waals surface area contributed by atoms with Crippen molar-refractivity contribution in [2.24, 2.45) is 5.92 Å². The van der Waals surface area contributed by atoms with E-state index in [2.05, 4.69) is 13.8 Å². The first-order valence-electron chi connectivity index (χ1n) is 14.4. The molecule has 1 aromatic heterocycles. The fourth-order valence-electron chi connectivity index (χ4n) is 5.57. The molecule has 3 heterocycles. The molecule has 0 radical (unpaired) electrons. The Bertz CT molecular complexity index is 1770. The molecule has 8 nitrogen and oxygen atoms in total. The highest BCUT2D eigenvalue weighted by Gasteiger charge is 2.48. The maximum absolute atomic E-state index is 13.8. The number of Topliss-reactive ketones (excluding diaryl/α,β-unsaturated/α-hetero) is 1. The van der Waals surface area contributed by atoms with Crippen LogP contribution < -0.4 is 19.1 Å². The van der Waals surface area contributed by atoms with Crippen molar-refractivity contribution in [2.45, 2.75) is 52.7 Å². The number of aromatic nitrogens is 1. The maximum Gasteiger partial charge on any atom is 0.301 e. The molecule has 6 rings (SSSR count). The summed E-state index contributed by atoms with van der Waals surface area (Å²) in [4.78, 5) is 33.6. The van der Waals surface area contributed by atoms with Gasteiger partial charge in [-0.15, -0.1) is 0 Å². The number of carbonyl (C=O) groups is 2. The predicted molar refractivity (Wildman–Crippen MR) is 167 cm³/mol. The lowest BCUT2D eigenvalue weighted by molar-refractivity contribution is -0.132. The molecule has 3 aromatic carbocycles. The van der Waals surface area contributed by atoms with Crippen LogP contribution in [-0.2, 0) is 16.0 Å². The Morgan fingerprint density at radius 2 is 1.93 bits per heavy atom. The maximum atomic E-state index is 13.8. The monoisotopic (exact) mass is 598 g/mol. The molecule has 1 fully saturated rings. The normalized spacial score (nSPS) is 19.3. The molecule has 0 spiro atoms. The van der Waals surface area contributed by atoms with Gasteiger partial charge in [0.2, 0.25) is 0 Å². The van der Waals surface area contributed by atoms with E-state index in [4.69, 9.17) is 19.2 Å². The Hall–Kier alpha value is -4.37. The molecule has 1 saturated heterocycles. The average molecular weight is 599 g/mol. The second-order valence-electron chi connectivity index (χ2n) is 11.5. The number of nitrogens with zero attached hydrogens (tertiary/aromatic N) is 2. The van der Waals surface area contributed by atoms with E-state index in [1.54, 1.807) is 37.4 Å². The summed E-state index contributed by atoms with van der Waals surface area (Å²) in [7, 11) is 1.55. The first kappa shape index (κ1) is 28.7. The summed E-state index contributed by atoms with van der Waals surface area (Å²) in [6.45, 7) is 8.76. The minimum absolute atomic E-state index is 0.0112. The van der Waals surface area contributed by atoms with Crippen LogP contribution in [0.4, 0.5) is 5.13 Å². The van der Waals surface area contributed by atoms with Crippen molar-refractivity contribution in [1.29, 1.82) is 0 Å². The number of rotatable bonds is 8. The van der Waals surface area contributed by atoms with Gasteiger partial charge in [0, 0.05) is 12.0 Å². The SMILES string of the molecule is COc1cc([C@@H]2C(=C(O)c3ccc4c(c3)C[C@H](C)O4)C(=O)C(=O)N2c2nc3ccc(C)cc3s2)ccc1OCCC(C)C. The molecule has 0 aliphatic carbocycles. The van der Waals surface area contributed by atoms with Crippen LogP contribution in [-0.4, -0.2) is 41.6 Å². The lowest BCUT2D eigenvalue weighted by atomic mass is 9.94. The van der Waals surface area contributed by atoms with Gasteiger partial charge in [-0.3, -0.25) is 14.5 Å². The van der Waals surface area contributed by atoms with Gasteiger partial charge in [-0.25, -0.2) is 4.98 Å². The zero-order valence-electron chi connectivity index (χ0n) is 24.8. The molecule has 2 aliphatic heterocycles. The van der Waals surface area contributed by atoms with Crippen LogP contribution in [0.5, 0.6) is 17.2 Å². The second kappa shape index (κ2) is 11.4. The number of hydrogen-bond acceptors (Lipinski definition) is 8. The van der Waals surface area contributed by atoms with Gasteiger partial charge in [0.1, 0.15) is 17.6 Å². The summed E-state index contributed by atoms with van der Waals surface area (Å²) < 4.78 is 18.4. The number of hydrogen-bond donors (Lipinski definition) is 1. The van der Waals surface area contributed by atoms with Gasteiger partial charge in [0.05, 0.1) is 35.5 Å². The van der Waals surface area contributed by atoms with Crippen molar-refractivity contribution >= 4 is 44.1 Å². The Labute approximate surface area is 254 Å². The zero-order chi connectivity index (χ0) is 30.4. The number of aliphatic hydroxyl groups excluding tert-OH is 1. The summed E-state index contributed by atoms with van der Waals surface area (Å²) >= 11 is 1.33. The molecule has 2 aliphatic rings. The van der Waals surface area contributed by atoms with Crippen LogP contribution in [0.15, 0.2) is 60.2 Å². The van der Waals surface area contributed by atoms with Gasteiger partial charge in [-0.2, -0.15) is 0 Å². The highest BCUT2D eigenvalue weighted by atomic mass is 32.1. The fourth-order valence-corrected chi connectivity index (χ4v) is 6.66. The minimum Gasteiger partial charge on any atom is -0.507 e. The second-order valence-corrected chi connectivity index (χ2v) is 12.5. The lowest BCUT2D eigenvalue weighted by Crippen LogP contribution is -2.29. The summed E-state index contributed by atoms with van der Waals surface area (Å²) in [5.41, 5.74) is 3.75. The minimum atomic E-state index is -0.941. The quantitative estimate of drug-likeness (QED) is 0.133. The van der Waals surface area contributed by atoms with Crippen LogP contribution in [0.1, 0.15) is 55.5 Å². The number of aryl methyl sites for hydroxylation is 1. The van der Waals surface area contributed by atoms with E-state index in [1.165, 1.54) is 16.2 Å². The van der Waals surface area contributed by atoms with E-state index in [9.17, 15) is 14.7 Å². The predicted octanol–water partition coefficient (Wildman–Crippen LogP) is 6.99. The average Bonchev–Trinajstić information content (AvgIpc) is 3.64. The van der Waals surface area contributed by atoms with Gasteiger partial charge in [-0.1, -0.05) is 37.3 Å². The Morgan fingerprint density at radius 1 is 1.12 bits per heavy atom. The first-order chi connectivity index (χ1) is 20.6. The molecule has 0 bridgehead atoms. The lowest BCUT2D eigenvalue weighted by Gasteiger charge is -2.24. The topological polar surface area (TPSA) is 98.2 Å².